The number of nitrogens with two attached hydrogens (primary N) is 2. The first kappa shape index (κ1) is 20.4. The minimum Gasteiger partial charge on any atom is -0.396 e. The van der Waals surface area contributed by atoms with E-state index in [1.165, 1.54) is 32.0 Å². The first-order valence-electron chi connectivity index (χ1n) is 7.09. The van der Waals surface area contributed by atoms with E-state index in [0.29, 0.717) is 11.8 Å². The van der Waals surface area contributed by atoms with Gasteiger partial charge in [0, 0.05) is 11.8 Å². The molecule has 0 atom stereocenters. The lowest BCUT2D eigenvalue weighted by molar-refractivity contribution is 0.931. The second-order valence-electron chi connectivity index (χ2n) is 5.48. The standard InChI is InChI=1S/C10H13N3.C4H3Cl2N3.2CH4/c11-8-9(6-1-2-6)12-5-13-10(8)7-3-4-7;5-3-2(7)4(6)9-1-8-3;;/h5-7H,1-4,11H2;1H,7H2;2*1H4. The normalized spacial score (nSPS) is 15.4. The molecule has 0 unspecified atom stereocenters. The Morgan fingerprint density at radius 2 is 1.08 bits per heavy atom. The lowest BCUT2D eigenvalue weighted by Gasteiger charge is -2.06. The number of halogens is 2. The zero-order valence-electron chi connectivity index (χ0n) is 11.8. The Bertz CT molecular complexity index is 636. The first-order chi connectivity index (χ1) is 10.6. The Kier molecular flexibility index (Phi) is 7.17. The van der Waals surface area contributed by atoms with Gasteiger partial charge in [-0.1, -0.05) is 38.1 Å². The van der Waals surface area contributed by atoms with E-state index in [1.807, 2.05) is 0 Å². The highest BCUT2D eigenvalue weighted by Gasteiger charge is 2.32. The fourth-order valence-corrected chi connectivity index (χ4v) is 2.46. The van der Waals surface area contributed by atoms with Crippen molar-refractivity contribution in [2.75, 3.05) is 11.5 Å². The smallest absolute Gasteiger partial charge is 0.156 e. The van der Waals surface area contributed by atoms with Gasteiger partial charge in [-0.25, -0.2) is 19.9 Å². The SMILES string of the molecule is C.C.Nc1c(C2CC2)ncnc1C1CC1.Nc1c(Cl)ncnc1Cl. The van der Waals surface area contributed by atoms with Crippen molar-refractivity contribution < 1.29 is 0 Å². The van der Waals surface area contributed by atoms with E-state index in [9.17, 15) is 0 Å². The molecule has 2 aliphatic rings. The summed E-state index contributed by atoms with van der Waals surface area (Å²) in [4.78, 5) is 15.7. The summed E-state index contributed by atoms with van der Waals surface area (Å²) in [5.41, 5.74) is 14.7. The molecule has 132 valence electrons. The average molecular weight is 371 g/mol. The van der Waals surface area contributed by atoms with Crippen molar-refractivity contribution in [3.8, 4) is 0 Å². The molecule has 0 radical (unpaired) electrons. The number of hydrogen-bond donors (Lipinski definition) is 2. The number of nitrogen functional groups attached to an aromatic ring is 2. The molecular weight excluding hydrogens is 347 g/mol. The molecule has 0 bridgehead atoms. The van der Waals surface area contributed by atoms with Crippen LogP contribution in [0, 0.1) is 0 Å². The third-order valence-electron chi connectivity index (χ3n) is 3.66. The summed E-state index contributed by atoms with van der Waals surface area (Å²) in [5, 5.41) is 0.380. The highest BCUT2D eigenvalue weighted by Crippen LogP contribution is 2.46. The van der Waals surface area contributed by atoms with Crippen LogP contribution in [0.5, 0.6) is 0 Å². The van der Waals surface area contributed by atoms with E-state index in [4.69, 9.17) is 34.7 Å². The van der Waals surface area contributed by atoms with Gasteiger partial charge in [0.15, 0.2) is 10.3 Å². The molecule has 8 heteroatoms. The second-order valence-corrected chi connectivity index (χ2v) is 6.19. The van der Waals surface area contributed by atoms with Gasteiger partial charge in [-0.15, -0.1) is 0 Å². The van der Waals surface area contributed by atoms with Crippen molar-refractivity contribution in [3.63, 3.8) is 0 Å². The molecule has 2 aromatic rings. The van der Waals surface area contributed by atoms with Gasteiger partial charge in [-0.3, -0.25) is 0 Å². The Balaban J connectivity index is 0.000000236. The van der Waals surface area contributed by atoms with E-state index >= 15 is 0 Å². The predicted molar refractivity (Wildman–Crippen MR) is 100 cm³/mol. The largest absolute Gasteiger partial charge is 0.396 e. The van der Waals surface area contributed by atoms with Gasteiger partial charge in [0.25, 0.3) is 0 Å². The quantitative estimate of drug-likeness (QED) is 0.756. The summed E-state index contributed by atoms with van der Waals surface area (Å²) in [5.74, 6) is 1.28. The highest BCUT2D eigenvalue weighted by atomic mass is 35.5. The molecule has 2 heterocycles. The molecule has 6 nitrogen and oxygen atoms in total. The second kappa shape index (κ2) is 8.44. The summed E-state index contributed by atoms with van der Waals surface area (Å²) in [6.07, 6.45) is 7.95. The molecule has 2 fully saturated rings. The predicted octanol–water partition coefficient (Wildman–Crippen LogP) is 4.45. The summed E-state index contributed by atoms with van der Waals surface area (Å²) in [6, 6.07) is 0. The minimum absolute atomic E-state index is 0. The zero-order valence-corrected chi connectivity index (χ0v) is 13.3. The van der Waals surface area contributed by atoms with Crippen molar-refractivity contribution >= 4 is 34.6 Å². The van der Waals surface area contributed by atoms with Crippen LogP contribution in [-0.2, 0) is 0 Å². The monoisotopic (exact) mass is 370 g/mol. The van der Waals surface area contributed by atoms with Crippen LogP contribution in [0.25, 0.3) is 0 Å². The molecule has 0 amide bonds. The van der Waals surface area contributed by atoms with Crippen LogP contribution in [0.4, 0.5) is 11.4 Å². The number of hydrogen-bond acceptors (Lipinski definition) is 6. The van der Waals surface area contributed by atoms with E-state index < -0.39 is 0 Å². The van der Waals surface area contributed by atoms with Gasteiger partial charge < -0.3 is 11.5 Å². The number of aromatic nitrogens is 4. The molecule has 0 aromatic carbocycles. The molecule has 4 N–H and O–H groups in total. The van der Waals surface area contributed by atoms with Crippen LogP contribution >= 0.6 is 23.2 Å². The average Bonchev–Trinajstić information content (AvgIpc) is 3.38. The summed E-state index contributed by atoms with van der Waals surface area (Å²) < 4.78 is 0. The molecule has 0 aliphatic heterocycles. The van der Waals surface area contributed by atoms with E-state index in [1.54, 1.807) is 6.33 Å². The Hall–Kier alpha value is -1.66. The number of anilines is 2. The number of nitrogens with zero attached hydrogens (tertiary/aromatic N) is 4. The van der Waals surface area contributed by atoms with Crippen molar-refractivity contribution in [1.29, 1.82) is 0 Å². The molecule has 0 spiro atoms. The van der Waals surface area contributed by atoms with E-state index in [2.05, 4.69) is 19.9 Å². The van der Waals surface area contributed by atoms with Crippen molar-refractivity contribution in [3.05, 3.63) is 34.3 Å². The van der Waals surface area contributed by atoms with Crippen LogP contribution < -0.4 is 11.5 Å². The zero-order chi connectivity index (χ0) is 15.7. The molecule has 2 aromatic heterocycles. The minimum atomic E-state index is 0. The Morgan fingerprint density at radius 3 is 1.42 bits per heavy atom. The van der Waals surface area contributed by atoms with Crippen LogP contribution in [0.2, 0.25) is 10.3 Å². The van der Waals surface area contributed by atoms with Gasteiger partial charge >= 0.3 is 0 Å². The van der Waals surface area contributed by atoms with Crippen molar-refractivity contribution in [2.45, 2.75) is 52.4 Å². The highest BCUT2D eigenvalue weighted by molar-refractivity contribution is 6.37. The van der Waals surface area contributed by atoms with Gasteiger partial charge in [0.05, 0.1) is 17.1 Å². The molecule has 2 aliphatic carbocycles. The topological polar surface area (TPSA) is 104 Å². The molecule has 2 saturated carbocycles. The molecule has 0 saturated heterocycles. The van der Waals surface area contributed by atoms with Crippen LogP contribution in [-0.4, -0.2) is 19.9 Å². The first-order valence-corrected chi connectivity index (χ1v) is 7.85. The third-order valence-corrected chi connectivity index (χ3v) is 4.26. The maximum Gasteiger partial charge on any atom is 0.156 e. The summed E-state index contributed by atoms with van der Waals surface area (Å²) in [7, 11) is 0. The third kappa shape index (κ3) is 4.68. The van der Waals surface area contributed by atoms with Gasteiger partial charge in [-0.05, 0) is 25.7 Å². The number of rotatable bonds is 2. The maximum absolute atomic E-state index is 6.04. The lowest BCUT2D eigenvalue weighted by atomic mass is 10.1. The van der Waals surface area contributed by atoms with Gasteiger partial charge in [-0.2, -0.15) is 0 Å². The van der Waals surface area contributed by atoms with E-state index in [0.717, 1.165) is 17.1 Å². The van der Waals surface area contributed by atoms with E-state index in [-0.39, 0.29) is 30.8 Å². The van der Waals surface area contributed by atoms with Crippen LogP contribution in [0.1, 0.15) is 63.8 Å². The van der Waals surface area contributed by atoms with Gasteiger partial charge in [0.2, 0.25) is 0 Å². The fraction of sp³-hybridized carbons (Fsp3) is 0.500. The molecular formula is C16H24Cl2N6. The Morgan fingerprint density at radius 1 is 0.708 bits per heavy atom. The Labute approximate surface area is 153 Å². The maximum atomic E-state index is 6.04. The molecule has 4 rings (SSSR count). The van der Waals surface area contributed by atoms with Crippen LogP contribution in [0.15, 0.2) is 12.7 Å². The van der Waals surface area contributed by atoms with Crippen molar-refractivity contribution in [1.82, 2.24) is 19.9 Å². The van der Waals surface area contributed by atoms with Crippen LogP contribution in [0.3, 0.4) is 0 Å². The summed E-state index contributed by atoms with van der Waals surface area (Å²) in [6.45, 7) is 0. The molecule has 24 heavy (non-hydrogen) atoms. The lowest BCUT2D eigenvalue weighted by Crippen LogP contribution is -2.03. The summed E-state index contributed by atoms with van der Waals surface area (Å²) >= 11 is 10.9. The fourth-order valence-electron chi connectivity index (χ4n) is 2.14. The van der Waals surface area contributed by atoms with Crippen molar-refractivity contribution in [2.24, 2.45) is 0 Å². The van der Waals surface area contributed by atoms with Gasteiger partial charge in [0.1, 0.15) is 18.3 Å².